The molecule has 0 atom stereocenters. The van der Waals surface area contributed by atoms with Crippen LogP contribution in [0.15, 0.2) is 53.9 Å². The molecule has 0 saturated carbocycles. The van der Waals surface area contributed by atoms with Crippen molar-refractivity contribution in [2.75, 3.05) is 26.2 Å². The lowest BCUT2D eigenvalue weighted by molar-refractivity contribution is 0.0530. The Morgan fingerprint density at radius 2 is 1.62 bits per heavy atom. The summed E-state index contributed by atoms with van der Waals surface area (Å²) >= 11 is 7.31. The van der Waals surface area contributed by atoms with Crippen molar-refractivity contribution < 1.29 is 14.0 Å². The zero-order valence-electron chi connectivity index (χ0n) is 15.3. The maximum Gasteiger partial charge on any atom is 0.273 e. The Labute approximate surface area is 176 Å². The van der Waals surface area contributed by atoms with Gasteiger partial charge in [-0.15, -0.1) is 11.3 Å². The van der Waals surface area contributed by atoms with Crippen molar-refractivity contribution in [3.05, 3.63) is 76.0 Å². The maximum atomic E-state index is 14.0. The normalized spacial score (nSPS) is 14.1. The van der Waals surface area contributed by atoms with E-state index in [-0.39, 0.29) is 11.5 Å². The van der Waals surface area contributed by atoms with Crippen LogP contribution in [-0.2, 0) is 0 Å². The second kappa shape index (κ2) is 8.31. The molecule has 2 heterocycles. The molecular formula is C21H17ClFN3O2S. The number of hydrogen-bond acceptors (Lipinski definition) is 4. The van der Waals surface area contributed by atoms with Crippen LogP contribution in [0, 0.1) is 5.82 Å². The first kappa shape index (κ1) is 19.5. The van der Waals surface area contributed by atoms with Gasteiger partial charge in [0, 0.05) is 42.1 Å². The van der Waals surface area contributed by atoms with E-state index < -0.39 is 11.7 Å². The first-order valence-corrected chi connectivity index (χ1v) is 10.3. The van der Waals surface area contributed by atoms with Crippen molar-refractivity contribution in [3.8, 4) is 10.6 Å². The molecule has 2 aromatic carbocycles. The molecule has 4 rings (SSSR count). The highest BCUT2D eigenvalue weighted by atomic mass is 35.5. The van der Waals surface area contributed by atoms with Crippen LogP contribution in [0.1, 0.15) is 20.8 Å². The van der Waals surface area contributed by atoms with Gasteiger partial charge in [-0.05, 0) is 18.2 Å². The predicted molar refractivity (Wildman–Crippen MR) is 111 cm³/mol. The van der Waals surface area contributed by atoms with Crippen LogP contribution in [0.5, 0.6) is 0 Å². The summed E-state index contributed by atoms with van der Waals surface area (Å²) in [6.07, 6.45) is 0. The van der Waals surface area contributed by atoms with Crippen LogP contribution >= 0.6 is 22.9 Å². The van der Waals surface area contributed by atoms with E-state index in [4.69, 9.17) is 11.6 Å². The zero-order chi connectivity index (χ0) is 20.4. The van der Waals surface area contributed by atoms with Crippen LogP contribution in [0.3, 0.4) is 0 Å². The molecular weight excluding hydrogens is 413 g/mol. The average molecular weight is 430 g/mol. The van der Waals surface area contributed by atoms with Gasteiger partial charge in [-0.1, -0.05) is 41.9 Å². The second-order valence-electron chi connectivity index (χ2n) is 6.61. The molecule has 8 heteroatoms. The van der Waals surface area contributed by atoms with E-state index in [2.05, 4.69) is 4.98 Å². The monoisotopic (exact) mass is 429 g/mol. The standard InChI is InChI=1S/C21H17ClFN3O2S/c22-15-6-7-17(23)16(12-15)20(27)25-8-10-26(11-9-25)21(28)18-13-29-19(24-18)14-4-2-1-3-5-14/h1-7,12-13H,8-11H2. The Balaban J connectivity index is 1.41. The summed E-state index contributed by atoms with van der Waals surface area (Å²) < 4.78 is 14.0. The number of thiazole rings is 1. The lowest BCUT2D eigenvalue weighted by Gasteiger charge is -2.34. The first-order chi connectivity index (χ1) is 14.0. The summed E-state index contributed by atoms with van der Waals surface area (Å²) in [7, 11) is 0. The second-order valence-corrected chi connectivity index (χ2v) is 7.91. The SMILES string of the molecule is O=C(c1csc(-c2ccccc2)n1)N1CCN(C(=O)c2cc(Cl)ccc2F)CC1. The van der Waals surface area contributed by atoms with Crippen LogP contribution in [-0.4, -0.2) is 52.8 Å². The molecule has 0 N–H and O–H groups in total. The van der Waals surface area contributed by atoms with Gasteiger partial charge in [0.05, 0.1) is 5.56 Å². The van der Waals surface area contributed by atoms with Gasteiger partial charge >= 0.3 is 0 Å². The Kier molecular flexibility index (Phi) is 5.60. The number of piperazine rings is 1. The minimum atomic E-state index is -0.603. The minimum absolute atomic E-state index is 0.0516. The molecule has 1 aromatic heterocycles. The van der Waals surface area contributed by atoms with Gasteiger partial charge in [0.25, 0.3) is 11.8 Å². The number of halogens is 2. The molecule has 29 heavy (non-hydrogen) atoms. The largest absolute Gasteiger partial charge is 0.335 e. The first-order valence-electron chi connectivity index (χ1n) is 9.07. The lowest BCUT2D eigenvalue weighted by atomic mass is 10.1. The van der Waals surface area contributed by atoms with Crippen LogP contribution in [0.4, 0.5) is 4.39 Å². The number of aromatic nitrogens is 1. The fourth-order valence-electron chi connectivity index (χ4n) is 3.19. The Morgan fingerprint density at radius 1 is 0.966 bits per heavy atom. The molecule has 0 radical (unpaired) electrons. The molecule has 2 amide bonds. The number of carbonyl (C=O) groups excluding carboxylic acids is 2. The fourth-order valence-corrected chi connectivity index (χ4v) is 4.16. The van der Waals surface area contributed by atoms with Gasteiger partial charge in [-0.2, -0.15) is 0 Å². The third-order valence-corrected chi connectivity index (χ3v) is 5.88. The molecule has 148 valence electrons. The molecule has 0 spiro atoms. The summed E-state index contributed by atoms with van der Waals surface area (Å²) in [5.41, 5.74) is 1.31. The third kappa shape index (κ3) is 4.16. The molecule has 0 unspecified atom stereocenters. The smallest absolute Gasteiger partial charge is 0.273 e. The summed E-state index contributed by atoms with van der Waals surface area (Å²) in [5, 5.41) is 2.85. The summed E-state index contributed by atoms with van der Waals surface area (Å²) in [6, 6.07) is 13.6. The number of hydrogen-bond donors (Lipinski definition) is 0. The highest BCUT2D eigenvalue weighted by molar-refractivity contribution is 7.13. The van der Waals surface area contributed by atoms with Gasteiger partial charge in [-0.3, -0.25) is 9.59 Å². The van der Waals surface area contributed by atoms with E-state index in [0.29, 0.717) is 36.9 Å². The number of carbonyl (C=O) groups is 2. The Hall–Kier alpha value is -2.77. The molecule has 1 saturated heterocycles. The number of benzene rings is 2. The lowest BCUT2D eigenvalue weighted by Crippen LogP contribution is -2.50. The molecule has 0 bridgehead atoms. The highest BCUT2D eigenvalue weighted by Crippen LogP contribution is 2.24. The van der Waals surface area contributed by atoms with E-state index in [1.54, 1.807) is 10.3 Å². The van der Waals surface area contributed by atoms with E-state index in [0.717, 1.165) is 10.6 Å². The van der Waals surface area contributed by atoms with Gasteiger partial charge in [-0.25, -0.2) is 9.37 Å². The van der Waals surface area contributed by atoms with E-state index >= 15 is 0 Å². The molecule has 5 nitrogen and oxygen atoms in total. The van der Waals surface area contributed by atoms with Crippen molar-refractivity contribution in [2.45, 2.75) is 0 Å². The van der Waals surface area contributed by atoms with Gasteiger partial charge in [0.15, 0.2) is 0 Å². The number of rotatable bonds is 3. The van der Waals surface area contributed by atoms with E-state index in [1.807, 2.05) is 30.3 Å². The molecule has 1 fully saturated rings. The fraction of sp³-hybridized carbons (Fsp3) is 0.190. The Morgan fingerprint density at radius 3 is 2.31 bits per heavy atom. The molecule has 0 aliphatic carbocycles. The molecule has 1 aliphatic heterocycles. The van der Waals surface area contributed by atoms with Crippen LogP contribution in [0.2, 0.25) is 5.02 Å². The summed E-state index contributed by atoms with van der Waals surface area (Å²) in [4.78, 5) is 33.0. The van der Waals surface area contributed by atoms with Crippen molar-refractivity contribution in [3.63, 3.8) is 0 Å². The summed E-state index contributed by atoms with van der Waals surface area (Å²) in [5.74, 6) is -1.18. The third-order valence-electron chi connectivity index (χ3n) is 4.76. The number of amides is 2. The maximum absolute atomic E-state index is 14.0. The van der Waals surface area contributed by atoms with Gasteiger partial charge in [0.2, 0.25) is 0 Å². The van der Waals surface area contributed by atoms with Crippen molar-refractivity contribution >= 4 is 34.8 Å². The van der Waals surface area contributed by atoms with Crippen LogP contribution < -0.4 is 0 Å². The Bertz CT molecular complexity index is 1050. The van der Waals surface area contributed by atoms with Crippen LogP contribution in [0.25, 0.3) is 10.6 Å². The number of nitrogens with zero attached hydrogens (tertiary/aromatic N) is 3. The van der Waals surface area contributed by atoms with Gasteiger partial charge < -0.3 is 9.80 Å². The minimum Gasteiger partial charge on any atom is -0.335 e. The molecule has 3 aromatic rings. The highest BCUT2D eigenvalue weighted by Gasteiger charge is 2.28. The van der Waals surface area contributed by atoms with E-state index in [9.17, 15) is 14.0 Å². The van der Waals surface area contributed by atoms with Crippen molar-refractivity contribution in [1.82, 2.24) is 14.8 Å². The van der Waals surface area contributed by atoms with Crippen molar-refractivity contribution in [1.29, 1.82) is 0 Å². The van der Waals surface area contributed by atoms with Gasteiger partial charge in [0.1, 0.15) is 16.5 Å². The average Bonchev–Trinajstić information content (AvgIpc) is 3.25. The molecule has 1 aliphatic rings. The zero-order valence-corrected chi connectivity index (χ0v) is 16.9. The topological polar surface area (TPSA) is 53.5 Å². The van der Waals surface area contributed by atoms with Crippen molar-refractivity contribution in [2.24, 2.45) is 0 Å². The van der Waals surface area contributed by atoms with E-state index in [1.165, 1.54) is 34.4 Å². The quantitative estimate of drug-likeness (QED) is 0.627. The predicted octanol–water partition coefficient (Wildman–Crippen LogP) is 4.20. The summed E-state index contributed by atoms with van der Waals surface area (Å²) in [6.45, 7) is 1.38.